The smallest absolute Gasteiger partial charge is 0.260 e. The number of hydrogen-bond donors (Lipinski definition) is 0. The number of rotatable bonds is 3. The highest BCUT2D eigenvalue weighted by Crippen LogP contribution is 2.53. The van der Waals surface area contributed by atoms with Crippen molar-refractivity contribution in [2.45, 2.75) is 24.0 Å². The Balaban J connectivity index is 1.72. The molecule has 1 heterocycles. The highest BCUT2D eigenvalue weighted by atomic mass is 79.9. The molecule has 0 amide bonds. The molecule has 3 heteroatoms. The predicted octanol–water partition coefficient (Wildman–Crippen LogP) is 4.25. The van der Waals surface area contributed by atoms with Gasteiger partial charge in [0.15, 0.2) is 0 Å². The van der Waals surface area contributed by atoms with Crippen LogP contribution in [0, 0.1) is 0 Å². The number of hydrogen-bond acceptors (Lipinski definition) is 1. The summed E-state index contributed by atoms with van der Waals surface area (Å²) >= 11 is 3.89. The number of benzene rings is 3. The van der Waals surface area contributed by atoms with Crippen LogP contribution in [0.1, 0.15) is 17.0 Å². The van der Waals surface area contributed by atoms with Gasteiger partial charge in [-0.3, -0.25) is 0 Å². The standard InChI is InChI=1S/C23H21BrOSi/c24-16-22-23-20-14-8-7-9-17(20)15-21(23)25-26(22,18-10-3-1-4-11-18)19-12-5-2-6-13-19/h1-14,21-23H,15-16H2/t21-,22?,23+/m0/s1. The zero-order chi connectivity index (χ0) is 17.6. The molecule has 0 spiro atoms. The van der Waals surface area contributed by atoms with Crippen molar-refractivity contribution in [3.05, 3.63) is 96.1 Å². The molecule has 0 saturated carbocycles. The fourth-order valence-corrected chi connectivity index (χ4v) is 11.7. The van der Waals surface area contributed by atoms with Gasteiger partial charge in [-0.05, 0) is 27.9 Å². The molecule has 1 saturated heterocycles. The first-order valence-corrected chi connectivity index (χ1v) is 12.4. The molecular weight excluding hydrogens is 400 g/mol. The molecule has 3 aromatic carbocycles. The van der Waals surface area contributed by atoms with Crippen LogP contribution in [0.3, 0.4) is 0 Å². The molecule has 0 bridgehead atoms. The molecule has 0 N–H and O–H groups in total. The minimum Gasteiger partial charge on any atom is -0.404 e. The maximum absolute atomic E-state index is 7.14. The van der Waals surface area contributed by atoms with Crippen molar-refractivity contribution < 1.29 is 4.43 Å². The van der Waals surface area contributed by atoms with Crippen LogP contribution in [0.4, 0.5) is 0 Å². The van der Waals surface area contributed by atoms with Crippen LogP contribution in [0.15, 0.2) is 84.9 Å². The molecule has 0 aromatic heterocycles. The fourth-order valence-electron chi connectivity index (χ4n) is 5.07. The van der Waals surface area contributed by atoms with Gasteiger partial charge in [0.25, 0.3) is 8.32 Å². The van der Waals surface area contributed by atoms with Gasteiger partial charge in [0, 0.05) is 16.8 Å². The van der Waals surface area contributed by atoms with Crippen molar-refractivity contribution in [2.75, 3.05) is 5.33 Å². The summed E-state index contributed by atoms with van der Waals surface area (Å²) in [5, 5.41) is 3.75. The molecule has 3 aromatic rings. The van der Waals surface area contributed by atoms with E-state index >= 15 is 0 Å². The van der Waals surface area contributed by atoms with Crippen molar-refractivity contribution in [1.82, 2.24) is 0 Å². The lowest BCUT2D eigenvalue weighted by Crippen LogP contribution is -2.62. The Bertz CT molecular complexity index is 872. The molecule has 1 unspecified atom stereocenters. The molecule has 130 valence electrons. The van der Waals surface area contributed by atoms with E-state index in [4.69, 9.17) is 4.43 Å². The Labute approximate surface area is 164 Å². The van der Waals surface area contributed by atoms with Crippen LogP contribution >= 0.6 is 15.9 Å². The zero-order valence-electron chi connectivity index (χ0n) is 14.5. The van der Waals surface area contributed by atoms with E-state index in [0.717, 1.165) is 11.8 Å². The van der Waals surface area contributed by atoms with Gasteiger partial charge in [0.1, 0.15) is 0 Å². The van der Waals surface area contributed by atoms with E-state index in [1.165, 1.54) is 21.5 Å². The van der Waals surface area contributed by atoms with Gasteiger partial charge in [0.05, 0.1) is 6.10 Å². The maximum atomic E-state index is 7.14. The second kappa shape index (κ2) is 6.49. The normalized spacial score (nSPS) is 25.7. The largest absolute Gasteiger partial charge is 0.404 e. The zero-order valence-corrected chi connectivity index (χ0v) is 17.1. The van der Waals surface area contributed by atoms with Crippen molar-refractivity contribution in [2.24, 2.45) is 0 Å². The molecule has 1 aliphatic heterocycles. The lowest BCUT2D eigenvalue weighted by atomic mass is 9.97. The number of fused-ring (bicyclic) bond motifs is 3. The van der Waals surface area contributed by atoms with Crippen molar-refractivity contribution in [1.29, 1.82) is 0 Å². The van der Waals surface area contributed by atoms with Gasteiger partial charge >= 0.3 is 0 Å². The Morgan fingerprint density at radius 1 is 0.808 bits per heavy atom. The molecule has 1 fully saturated rings. The van der Waals surface area contributed by atoms with Gasteiger partial charge in [-0.25, -0.2) is 0 Å². The van der Waals surface area contributed by atoms with Crippen molar-refractivity contribution >= 4 is 34.6 Å². The first-order chi connectivity index (χ1) is 12.8. The van der Waals surface area contributed by atoms with E-state index in [9.17, 15) is 0 Å². The summed E-state index contributed by atoms with van der Waals surface area (Å²) in [5.41, 5.74) is 3.46. The monoisotopic (exact) mass is 420 g/mol. The molecule has 2 aliphatic rings. The fraction of sp³-hybridized carbons (Fsp3) is 0.217. The molecule has 0 radical (unpaired) electrons. The van der Waals surface area contributed by atoms with E-state index in [1.807, 2.05) is 0 Å². The van der Waals surface area contributed by atoms with Crippen LogP contribution in [0.25, 0.3) is 0 Å². The van der Waals surface area contributed by atoms with Crippen LogP contribution in [0.5, 0.6) is 0 Å². The average molecular weight is 421 g/mol. The molecule has 1 nitrogen and oxygen atoms in total. The summed E-state index contributed by atoms with van der Waals surface area (Å²) in [5.74, 6) is 0.484. The van der Waals surface area contributed by atoms with Crippen LogP contribution in [-0.4, -0.2) is 19.8 Å². The summed E-state index contributed by atoms with van der Waals surface area (Å²) in [6.07, 6.45) is 1.33. The maximum Gasteiger partial charge on any atom is 0.260 e. The second-order valence-corrected chi connectivity index (χ2v) is 11.6. The van der Waals surface area contributed by atoms with E-state index in [-0.39, 0.29) is 0 Å². The molecule has 26 heavy (non-hydrogen) atoms. The van der Waals surface area contributed by atoms with E-state index in [0.29, 0.717) is 17.6 Å². The second-order valence-electron chi connectivity index (χ2n) is 7.31. The first-order valence-electron chi connectivity index (χ1n) is 9.27. The summed E-state index contributed by atoms with van der Waals surface area (Å²) < 4.78 is 7.14. The van der Waals surface area contributed by atoms with Gasteiger partial charge in [-0.2, -0.15) is 0 Å². The summed E-state index contributed by atoms with van der Waals surface area (Å²) in [6.45, 7) is 0. The lowest BCUT2D eigenvalue weighted by Gasteiger charge is -2.34. The van der Waals surface area contributed by atoms with Crippen molar-refractivity contribution in [3.8, 4) is 0 Å². The third-order valence-corrected chi connectivity index (χ3v) is 12.1. The van der Waals surface area contributed by atoms with E-state index in [2.05, 4.69) is 101 Å². The van der Waals surface area contributed by atoms with E-state index in [1.54, 1.807) is 0 Å². The highest BCUT2D eigenvalue weighted by molar-refractivity contribution is 9.09. The predicted molar refractivity (Wildman–Crippen MR) is 113 cm³/mol. The third-order valence-electron chi connectivity index (χ3n) is 6.10. The van der Waals surface area contributed by atoms with Crippen LogP contribution < -0.4 is 10.4 Å². The van der Waals surface area contributed by atoms with Gasteiger partial charge in [0.2, 0.25) is 0 Å². The van der Waals surface area contributed by atoms with Crippen LogP contribution in [0.2, 0.25) is 5.54 Å². The highest BCUT2D eigenvalue weighted by Gasteiger charge is 2.60. The quantitative estimate of drug-likeness (QED) is 0.454. The summed E-state index contributed by atoms with van der Waals surface area (Å²) in [4.78, 5) is 0. The number of halogens is 1. The minimum atomic E-state index is -2.33. The van der Waals surface area contributed by atoms with Crippen LogP contribution in [-0.2, 0) is 10.8 Å². The summed E-state index contributed by atoms with van der Waals surface area (Å²) in [6, 6.07) is 30.9. The summed E-state index contributed by atoms with van der Waals surface area (Å²) in [7, 11) is -2.33. The molecule has 3 atom stereocenters. The first kappa shape index (κ1) is 16.5. The Morgan fingerprint density at radius 3 is 2.00 bits per heavy atom. The molecular formula is C23H21BrOSi. The minimum absolute atomic E-state index is 0.294. The number of alkyl halides is 1. The molecule has 1 aliphatic carbocycles. The third kappa shape index (κ3) is 2.31. The van der Waals surface area contributed by atoms with Gasteiger partial charge < -0.3 is 4.43 Å². The van der Waals surface area contributed by atoms with Crippen molar-refractivity contribution in [3.63, 3.8) is 0 Å². The SMILES string of the molecule is BrCC1[C@@H]2c3ccccc3C[C@@H]2O[Si]1(c1ccccc1)c1ccccc1. The Hall–Kier alpha value is -1.68. The average Bonchev–Trinajstić information content (AvgIpc) is 3.23. The lowest BCUT2D eigenvalue weighted by molar-refractivity contribution is 0.223. The van der Waals surface area contributed by atoms with Gasteiger partial charge in [-0.1, -0.05) is 101 Å². The topological polar surface area (TPSA) is 9.23 Å². The van der Waals surface area contributed by atoms with E-state index < -0.39 is 8.32 Å². The Morgan fingerprint density at radius 2 is 1.38 bits per heavy atom. The van der Waals surface area contributed by atoms with Gasteiger partial charge in [-0.15, -0.1) is 0 Å². The molecule has 5 rings (SSSR count). The Kier molecular flexibility index (Phi) is 4.11.